The predicted molar refractivity (Wildman–Crippen MR) is 83.1 cm³/mol. The van der Waals surface area contributed by atoms with Gasteiger partial charge in [0.15, 0.2) is 0 Å². The molecule has 2 aromatic carbocycles. The number of aromatic amines is 1. The normalized spacial score (nSPS) is 14.0. The number of rotatable bonds is 4. The third-order valence-corrected chi connectivity index (χ3v) is 4.04. The van der Waals surface area contributed by atoms with E-state index in [0.717, 1.165) is 22.0 Å². The molecular weight excluding hydrogens is 264 g/mol. The second kappa shape index (κ2) is 5.05. The molecule has 21 heavy (non-hydrogen) atoms. The minimum Gasteiger partial charge on any atom is -0.361 e. The standard InChI is InChI=1S/C17H16N2O2/c1-17(12-19(20)21,13-7-3-2-4-8-13)15-11-18-16-10-6-5-9-14(15)16/h2-11,18H,12H2,1H3. The summed E-state index contributed by atoms with van der Waals surface area (Å²) in [6.07, 6.45) is 1.89. The fraction of sp³-hybridized carbons (Fsp3) is 0.176. The number of benzene rings is 2. The van der Waals surface area contributed by atoms with Crippen LogP contribution in [-0.2, 0) is 5.41 Å². The van der Waals surface area contributed by atoms with Crippen molar-refractivity contribution in [2.75, 3.05) is 6.54 Å². The second-order valence-corrected chi connectivity index (χ2v) is 5.44. The predicted octanol–water partition coefficient (Wildman–Crippen LogP) is 3.75. The number of nitrogens with one attached hydrogen (secondary N) is 1. The van der Waals surface area contributed by atoms with E-state index in [1.165, 1.54) is 0 Å². The first-order valence-electron chi connectivity index (χ1n) is 6.85. The van der Waals surface area contributed by atoms with Gasteiger partial charge < -0.3 is 4.98 Å². The molecule has 0 saturated carbocycles. The molecule has 1 atom stereocenters. The first-order valence-corrected chi connectivity index (χ1v) is 6.85. The number of H-pyrrole nitrogens is 1. The third-order valence-electron chi connectivity index (χ3n) is 4.04. The Kier molecular flexibility index (Phi) is 3.22. The summed E-state index contributed by atoms with van der Waals surface area (Å²) >= 11 is 0. The summed E-state index contributed by atoms with van der Waals surface area (Å²) in [7, 11) is 0. The molecule has 0 bridgehead atoms. The van der Waals surface area contributed by atoms with Gasteiger partial charge in [-0.15, -0.1) is 0 Å². The molecule has 0 aliphatic carbocycles. The van der Waals surface area contributed by atoms with Gasteiger partial charge in [-0.3, -0.25) is 10.1 Å². The summed E-state index contributed by atoms with van der Waals surface area (Å²) in [5, 5.41) is 12.2. The van der Waals surface area contributed by atoms with Crippen LogP contribution >= 0.6 is 0 Å². The van der Waals surface area contributed by atoms with Crippen LogP contribution in [0.5, 0.6) is 0 Å². The number of nitro groups is 1. The van der Waals surface area contributed by atoms with Crippen molar-refractivity contribution in [2.45, 2.75) is 12.3 Å². The Hall–Kier alpha value is -2.62. The van der Waals surface area contributed by atoms with E-state index < -0.39 is 5.41 Å². The van der Waals surface area contributed by atoms with E-state index in [4.69, 9.17) is 0 Å². The second-order valence-electron chi connectivity index (χ2n) is 5.44. The maximum atomic E-state index is 11.2. The van der Waals surface area contributed by atoms with Crippen molar-refractivity contribution in [1.82, 2.24) is 4.98 Å². The van der Waals surface area contributed by atoms with E-state index in [1.807, 2.05) is 67.7 Å². The highest BCUT2D eigenvalue weighted by Gasteiger charge is 2.36. The zero-order valence-corrected chi connectivity index (χ0v) is 11.7. The van der Waals surface area contributed by atoms with Crippen molar-refractivity contribution < 1.29 is 4.92 Å². The van der Waals surface area contributed by atoms with E-state index in [2.05, 4.69) is 4.98 Å². The minimum absolute atomic E-state index is 0.140. The number of aromatic nitrogens is 1. The molecule has 4 nitrogen and oxygen atoms in total. The average molecular weight is 280 g/mol. The van der Waals surface area contributed by atoms with Crippen LogP contribution < -0.4 is 0 Å². The van der Waals surface area contributed by atoms with Crippen molar-refractivity contribution in [3.8, 4) is 0 Å². The number of hydrogen-bond acceptors (Lipinski definition) is 2. The summed E-state index contributed by atoms with van der Waals surface area (Å²) in [5.41, 5.74) is 2.25. The van der Waals surface area contributed by atoms with E-state index in [0.29, 0.717) is 0 Å². The number of hydrogen-bond donors (Lipinski definition) is 1. The van der Waals surface area contributed by atoms with Gasteiger partial charge in [-0.05, 0) is 24.1 Å². The van der Waals surface area contributed by atoms with Crippen LogP contribution in [0.3, 0.4) is 0 Å². The Morgan fingerprint density at radius 3 is 2.48 bits per heavy atom. The molecule has 3 rings (SSSR count). The van der Waals surface area contributed by atoms with Gasteiger partial charge in [-0.1, -0.05) is 48.5 Å². The van der Waals surface area contributed by atoms with E-state index in [1.54, 1.807) is 0 Å². The van der Waals surface area contributed by atoms with Crippen LogP contribution in [-0.4, -0.2) is 16.5 Å². The lowest BCUT2D eigenvalue weighted by molar-refractivity contribution is -0.488. The van der Waals surface area contributed by atoms with Gasteiger partial charge >= 0.3 is 0 Å². The smallest absolute Gasteiger partial charge is 0.217 e. The molecule has 1 heterocycles. The van der Waals surface area contributed by atoms with Crippen LogP contribution in [0.2, 0.25) is 0 Å². The molecule has 1 N–H and O–H groups in total. The van der Waals surface area contributed by atoms with Crippen LogP contribution in [0.15, 0.2) is 60.8 Å². The Morgan fingerprint density at radius 1 is 1.10 bits per heavy atom. The third kappa shape index (κ3) is 2.29. The number of para-hydroxylation sites is 1. The minimum atomic E-state index is -0.662. The largest absolute Gasteiger partial charge is 0.361 e. The first-order chi connectivity index (χ1) is 10.1. The van der Waals surface area contributed by atoms with Gasteiger partial charge in [0, 0.05) is 22.0 Å². The Bertz CT molecular complexity index is 780. The quantitative estimate of drug-likeness (QED) is 0.584. The summed E-state index contributed by atoms with van der Waals surface area (Å²) in [5.74, 6) is 0. The van der Waals surface area contributed by atoms with Crippen LogP contribution in [0.4, 0.5) is 0 Å². The van der Waals surface area contributed by atoms with Crippen LogP contribution in [0.1, 0.15) is 18.1 Å². The number of nitrogens with zero attached hydrogens (tertiary/aromatic N) is 1. The molecule has 0 aliphatic rings. The molecule has 0 radical (unpaired) electrons. The molecular formula is C17H16N2O2. The van der Waals surface area contributed by atoms with Crippen molar-refractivity contribution in [1.29, 1.82) is 0 Å². The molecule has 1 unspecified atom stereocenters. The van der Waals surface area contributed by atoms with Gasteiger partial charge in [0.25, 0.3) is 0 Å². The number of fused-ring (bicyclic) bond motifs is 1. The highest BCUT2D eigenvalue weighted by atomic mass is 16.6. The molecule has 1 aromatic heterocycles. The van der Waals surface area contributed by atoms with Gasteiger partial charge in [0.05, 0.1) is 5.41 Å². The molecule has 0 spiro atoms. The topological polar surface area (TPSA) is 58.9 Å². The fourth-order valence-corrected chi connectivity index (χ4v) is 2.92. The monoisotopic (exact) mass is 280 g/mol. The maximum Gasteiger partial charge on any atom is 0.217 e. The Morgan fingerprint density at radius 2 is 1.76 bits per heavy atom. The fourth-order valence-electron chi connectivity index (χ4n) is 2.92. The highest BCUT2D eigenvalue weighted by molar-refractivity contribution is 5.84. The van der Waals surface area contributed by atoms with E-state index in [9.17, 15) is 10.1 Å². The lowest BCUT2D eigenvalue weighted by atomic mass is 9.76. The van der Waals surface area contributed by atoms with Gasteiger partial charge in [-0.2, -0.15) is 0 Å². The summed E-state index contributed by atoms with van der Waals surface area (Å²) in [6, 6.07) is 17.6. The molecule has 4 heteroatoms. The molecule has 0 saturated heterocycles. The summed E-state index contributed by atoms with van der Waals surface area (Å²) in [4.78, 5) is 14.2. The van der Waals surface area contributed by atoms with Gasteiger partial charge in [0.1, 0.15) is 0 Å². The van der Waals surface area contributed by atoms with Crippen molar-refractivity contribution >= 4 is 10.9 Å². The van der Waals surface area contributed by atoms with Gasteiger partial charge in [-0.25, -0.2) is 0 Å². The van der Waals surface area contributed by atoms with Crippen LogP contribution in [0, 0.1) is 10.1 Å². The lowest BCUT2D eigenvalue weighted by Crippen LogP contribution is -2.32. The van der Waals surface area contributed by atoms with Crippen molar-refractivity contribution in [3.05, 3.63) is 82.0 Å². The average Bonchev–Trinajstić information content (AvgIpc) is 2.92. The zero-order valence-electron chi connectivity index (χ0n) is 11.7. The van der Waals surface area contributed by atoms with Crippen molar-refractivity contribution in [2.24, 2.45) is 0 Å². The Labute approximate surface area is 122 Å². The highest BCUT2D eigenvalue weighted by Crippen LogP contribution is 2.36. The van der Waals surface area contributed by atoms with Crippen LogP contribution in [0.25, 0.3) is 10.9 Å². The molecule has 0 amide bonds. The molecule has 3 aromatic rings. The SMILES string of the molecule is CC(C[N+](=O)[O-])(c1ccccc1)c1c[nH]c2ccccc12. The van der Waals surface area contributed by atoms with Gasteiger partial charge in [0.2, 0.25) is 6.54 Å². The molecule has 0 fully saturated rings. The Balaban J connectivity index is 2.22. The molecule has 0 aliphatic heterocycles. The maximum absolute atomic E-state index is 11.2. The van der Waals surface area contributed by atoms with E-state index >= 15 is 0 Å². The lowest BCUT2D eigenvalue weighted by Gasteiger charge is -2.26. The zero-order chi connectivity index (χ0) is 14.9. The molecule has 106 valence electrons. The first kappa shape index (κ1) is 13.4. The van der Waals surface area contributed by atoms with E-state index in [-0.39, 0.29) is 11.5 Å². The summed E-state index contributed by atoms with van der Waals surface area (Å²) < 4.78 is 0. The summed E-state index contributed by atoms with van der Waals surface area (Å²) in [6.45, 7) is 1.79. The van der Waals surface area contributed by atoms with Crippen molar-refractivity contribution in [3.63, 3.8) is 0 Å².